The number of rotatable bonds is 22. The number of aromatic amines is 1. The number of aliphatic hydroxyl groups excluding tert-OH is 1. The van der Waals surface area contributed by atoms with Gasteiger partial charge in [-0.15, -0.1) is 10.2 Å². The van der Waals surface area contributed by atoms with E-state index in [0.29, 0.717) is 6.42 Å². The summed E-state index contributed by atoms with van der Waals surface area (Å²) < 4.78 is 26.1. The fraction of sp³-hybridized carbons (Fsp3) is 0.909. The number of tetrazole rings is 1. The molecule has 0 saturated carbocycles. The van der Waals surface area contributed by atoms with E-state index < -0.39 is 16.3 Å². The van der Waals surface area contributed by atoms with Gasteiger partial charge in [-0.05, 0) is 25.7 Å². The maximum Gasteiger partial charge on any atom is 0.219 e. The SMILES string of the molecule is CNC(=O)CCCS(=O)(=O)NC(O)CCCCCCCCCCCCCCCc1nn[nH]n1. The third-order valence-corrected chi connectivity index (χ3v) is 7.14. The van der Waals surface area contributed by atoms with Crippen LogP contribution in [0, 0.1) is 0 Å². The van der Waals surface area contributed by atoms with Crippen molar-refractivity contribution in [2.24, 2.45) is 0 Å². The van der Waals surface area contributed by atoms with Crippen molar-refractivity contribution in [3.05, 3.63) is 5.82 Å². The summed E-state index contributed by atoms with van der Waals surface area (Å²) >= 11 is 0. The van der Waals surface area contributed by atoms with Crippen LogP contribution in [0.15, 0.2) is 0 Å². The first-order valence-electron chi connectivity index (χ1n) is 12.5. The summed E-state index contributed by atoms with van der Waals surface area (Å²) in [5, 5.41) is 26.3. The maximum atomic E-state index is 11.9. The molecule has 0 aliphatic carbocycles. The van der Waals surface area contributed by atoms with Crippen LogP contribution < -0.4 is 10.0 Å². The number of aliphatic hydroxyl groups is 1. The van der Waals surface area contributed by atoms with E-state index in [1.54, 1.807) is 0 Å². The minimum atomic E-state index is -3.55. The Bertz CT molecular complexity index is 700. The molecule has 1 aromatic rings. The molecule has 0 bridgehead atoms. The quantitative estimate of drug-likeness (QED) is 0.145. The number of aromatic nitrogens is 4. The Morgan fingerprint density at radius 1 is 0.909 bits per heavy atom. The van der Waals surface area contributed by atoms with Crippen molar-refractivity contribution in [2.45, 2.75) is 115 Å². The molecule has 0 fully saturated rings. The zero-order valence-electron chi connectivity index (χ0n) is 20.2. The van der Waals surface area contributed by atoms with Gasteiger partial charge in [0.05, 0.1) is 5.75 Å². The summed E-state index contributed by atoms with van der Waals surface area (Å²) in [6, 6.07) is 0. The van der Waals surface area contributed by atoms with Gasteiger partial charge in [0.1, 0.15) is 6.23 Å². The van der Waals surface area contributed by atoms with Crippen LogP contribution >= 0.6 is 0 Å². The molecule has 11 heteroatoms. The minimum absolute atomic E-state index is 0.154. The van der Waals surface area contributed by atoms with Crippen molar-refractivity contribution in [3.63, 3.8) is 0 Å². The minimum Gasteiger partial charge on any atom is -0.378 e. The molecule has 1 heterocycles. The van der Waals surface area contributed by atoms with Gasteiger partial charge in [0.2, 0.25) is 15.9 Å². The molecule has 1 amide bonds. The van der Waals surface area contributed by atoms with Gasteiger partial charge < -0.3 is 10.4 Å². The lowest BCUT2D eigenvalue weighted by Crippen LogP contribution is -2.36. The number of nitrogens with one attached hydrogen (secondary N) is 3. The highest BCUT2D eigenvalue weighted by Gasteiger charge is 2.15. The molecule has 10 nitrogen and oxygen atoms in total. The first-order valence-corrected chi connectivity index (χ1v) is 14.2. The van der Waals surface area contributed by atoms with Crippen molar-refractivity contribution in [2.75, 3.05) is 12.8 Å². The van der Waals surface area contributed by atoms with Crippen molar-refractivity contribution >= 4 is 15.9 Å². The fourth-order valence-electron chi connectivity index (χ4n) is 3.73. The van der Waals surface area contributed by atoms with Crippen molar-refractivity contribution in [3.8, 4) is 0 Å². The van der Waals surface area contributed by atoms with Crippen molar-refractivity contribution in [1.29, 1.82) is 0 Å². The molecule has 1 unspecified atom stereocenters. The predicted molar refractivity (Wildman–Crippen MR) is 129 cm³/mol. The van der Waals surface area contributed by atoms with E-state index >= 15 is 0 Å². The number of aryl methyl sites for hydroxylation is 1. The number of hydrogen-bond acceptors (Lipinski definition) is 7. The van der Waals surface area contributed by atoms with E-state index in [9.17, 15) is 18.3 Å². The summed E-state index contributed by atoms with van der Waals surface area (Å²) in [5.41, 5.74) is 0. The number of sulfonamides is 1. The molecule has 0 aliphatic rings. The van der Waals surface area contributed by atoms with Crippen LogP contribution in [0.2, 0.25) is 0 Å². The molecule has 0 radical (unpaired) electrons. The molecule has 1 aromatic heterocycles. The summed E-state index contributed by atoms with van der Waals surface area (Å²) in [6.07, 6.45) is 16.1. The Hall–Kier alpha value is -1.59. The second-order valence-electron chi connectivity index (χ2n) is 8.69. The van der Waals surface area contributed by atoms with Crippen LogP contribution in [0.3, 0.4) is 0 Å². The van der Waals surface area contributed by atoms with Gasteiger partial charge in [0.15, 0.2) is 5.82 Å². The number of unbranched alkanes of at least 4 members (excludes halogenated alkanes) is 12. The van der Waals surface area contributed by atoms with Gasteiger partial charge in [-0.2, -0.15) is 9.94 Å². The average molecular weight is 489 g/mol. The maximum absolute atomic E-state index is 11.9. The second kappa shape index (κ2) is 18.8. The molecule has 0 spiro atoms. The Morgan fingerprint density at radius 2 is 1.45 bits per heavy atom. The predicted octanol–water partition coefficient (Wildman–Crippen LogP) is 2.97. The third-order valence-electron chi connectivity index (χ3n) is 5.68. The molecule has 1 rings (SSSR count). The van der Waals surface area contributed by atoms with E-state index in [2.05, 4.69) is 30.7 Å². The number of hydrogen-bond donors (Lipinski definition) is 4. The van der Waals surface area contributed by atoms with Crippen LogP contribution in [-0.2, 0) is 21.2 Å². The van der Waals surface area contributed by atoms with E-state index in [4.69, 9.17) is 0 Å². The van der Waals surface area contributed by atoms with E-state index in [1.165, 1.54) is 64.8 Å². The Labute approximate surface area is 199 Å². The van der Waals surface area contributed by atoms with E-state index in [0.717, 1.165) is 37.9 Å². The van der Waals surface area contributed by atoms with Gasteiger partial charge >= 0.3 is 0 Å². The molecule has 0 saturated heterocycles. The summed E-state index contributed by atoms with van der Waals surface area (Å²) in [5.74, 6) is 0.468. The standard InChI is InChI=1S/C22H44N6O4S/c1-23-21(29)18-15-19-33(31,32)26-22(30)17-14-12-10-8-6-4-2-3-5-7-9-11-13-16-20-24-27-28-25-20/h22,26,30H,2-19H2,1H3,(H,23,29)(H,24,25,27,28). The van der Waals surface area contributed by atoms with Gasteiger partial charge in [-0.1, -0.05) is 75.8 Å². The molecule has 33 heavy (non-hydrogen) atoms. The number of H-pyrrole nitrogens is 1. The number of carbonyl (C=O) groups is 1. The molecule has 0 aromatic carbocycles. The number of carbonyl (C=O) groups excluding carboxylic acids is 1. The average Bonchev–Trinajstić information content (AvgIpc) is 3.29. The number of nitrogens with zero attached hydrogens (tertiary/aromatic N) is 3. The van der Waals surface area contributed by atoms with Gasteiger partial charge in [-0.25, -0.2) is 8.42 Å². The lowest BCUT2D eigenvalue weighted by Gasteiger charge is -2.13. The first kappa shape index (κ1) is 29.4. The fourth-order valence-corrected chi connectivity index (χ4v) is 4.90. The molecular weight excluding hydrogens is 444 g/mol. The lowest BCUT2D eigenvalue weighted by atomic mass is 10.0. The molecule has 1 atom stereocenters. The third kappa shape index (κ3) is 17.5. The number of amides is 1. The molecule has 4 N–H and O–H groups in total. The van der Waals surface area contributed by atoms with Gasteiger partial charge in [-0.3, -0.25) is 4.79 Å². The van der Waals surface area contributed by atoms with E-state index in [-0.39, 0.29) is 24.5 Å². The first-order chi connectivity index (χ1) is 15.9. The summed E-state index contributed by atoms with van der Waals surface area (Å²) in [6.45, 7) is 0. The Balaban J connectivity index is 1.83. The topological polar surface area (TPSA) is 150 Å². The largest absolute Gasteiger partial charge is 0.378 e. The Morgan fingerprint density at radius 3 is 1.97 bits per heavy atom. The zero-order chi connectivity index (χ0) is 24.2. The van der Waals surface area contributed by atoms with Gasteiger partial charge in [0, 0.05) is 19.9 Å². The normalized spacial score (nSPS) is 12.7. The van der Waals surface area contributed by atoms with Gasteiger partial charge in [0.25, 0.3) is 0 Å². The zero-order valence-corrected chi connectivity index (χ0v) is 21.0. The highest BCUT2D eigenvalue weighted by Crippen LogP contribution is 2.14. The van der Waals surface area contributed by atoms with Crippen LogP contribution in [-0.4, -0.2) is 59.1 Å². The summed E-state index contributed by atoms with van der Waals surface area (Å²) in [4.78, 5) is 11.1. The molecule has 192 valence electrons. The monoisotopic (exact) mass is 488 g/mol. The second-order valence-corrected chi connectivity index (χ2v) is 10.6. The van der Waals surface area contributed by atoms with Crippen LogP contribution in [0.25, 0.3) is 0 Å². The van der Waals surface area contributed by atoms with Crippen LogP contribution in [0.5, 0.6) is 0 Å². The highest BCUT2D eigenvalue weighted by molar-refractivity contribution is 7.89. The molecular formula is C22H44N6O4S. The summed E-state index contributed by atoms with van der Waals surface area (Å²) in [7, 11) is -2.03. The van der Waals surface area contributed by atoms with Crippen LogP contribution in [0.1, 0.15) is 109 Å². The van der Waals surface area contributed by atoms with Crippen molar-refractivity contribution < 1.29 is 18.3 Å². The van der Waals surface area contributed by atoms with Crippen molar-refractivity contribution in [1.82, 2.24) is 30.7 Å². The Kier molecular flexibility index (Phi) is 16.8. The molecule has 0 aliphatic heterocycles. The lowest BCUT2D eigenvalue weighted by molar-refractivity contribution is -0.120. The van der Waals surface area contributed by atoms with Crippen LogP contribution in [0.4, 0.5) is 0 Å². The highest BCUT2D eigenvalue weighted by atomic mass is 32.2. The van der Waals surface area contributed by atoms with E-state index in [1.807, 2.05) is 0 Å². The smallest absolute Gasteiger partial charge is 0.219 e.